The van der Waals surface area contributed by atoms with Crippen LogP contribution < -0.4 is 0 Å². The van der Waals surface area contributed by atoms with Crippen LogP contribution in [0.2, 0.25) is 0 Å². The molecule has 0 bridgehead atoms. The van der Waals surface area contributed by atoms with E-state index in [1.54, 1.807) is 0 Å². The molecule has 0 unspecified atom stereocenters. The molecular weight excluding hydrogens is 195 g/mol. The molecule has 0 amide bonds. The molecule has 1 heterocycles. The molecular formula is C8H8Cl2Si. The molecule has 1 aromatic rings. The van der Waals surface area contributed by atoms with Crippen LogP contribution in [-0.2, 0) is 12.1 Å². The van der Waals surface area contributed by atoms with Gasteiger partial charge in [0.05, 0.1) is 0 Å². The monoisotopic (exact) mass is 202 g/mol. The minimum atomic E-state index is -1.90. The van der Waals surface area contributed by atoms with E-state index in [1.807, 2.05) is 12.1 Å². The van der Waals surface area contributed by atoms with Gasteiger partial charge < -0.3 is 0 Å². The van der Waals surface area contributed by atoms with Gasteiger partial charge in [-0.25, -0.2) is 0 Å². The first-order valence-electron chi connectivity index (χ1n) is 3.62. The van der Waals surface area contributed by atoms with Crippen molar-refractivity contribution in [3.05, 3.63) is 35.4 Å². The van der Waals surface area contributed by atoms with Crippen molar-refractivity contribution in [2.45, 2.75) is 12.1 Å². The fourth-order valence-corrected chi connectivity index (χ4v) is 5.18. The summed E-state index contributed by atoms with van der Waals surface area (Å²) in [7, 11) is 0. The van der Waals surface area contributed by atoms with Gasteiger partial charge in [-0.3, -0.25) is 0 Å². The zero-order chi connectivity index (χ0) is 7.90. The molecule has 0 radical (unpaired) electrons. The molecule has 0 N–H and O–H groups in total. The van der Waals surface area contributed by atoms with Crippen LogP contribution in [0.25, 0.3) is 0 Å². The number of halogens is 2. The van der Waals surface area contributed by atoms with E-state index in [0.717, 1.165) is 12.1 Å². The van der Waals surface area contributed by atoms with Gasteiger partial charge in [0, 0.05) is 0 Å². The van der Waals surface area contributed by atoms with Crippen LogP contribution in [0.1, 0.15) is 11.1 Å². The van der Waals surface area contributed by atoms with Crippen molar-refractivity contribution in [2.75, 3.05) is 0 Å². The third kappa shape index (κ3) is 1.46. The molecule has 0 fully saturated rings. The van der Waals surface area contributed by atoms with Gasteiger partial charge in [-0.1, -0.05) is 24.3 Å². The lowest BCUT2D eigenvalue weighted by atomic mass is 10.1. The van der Waals surface area contributed by atoms with Crippen molar-refractivity contribution in [3.8, 4) is 0 Å². The van der Waals surface area contributed by atoms with Gasteiger partial charge in [0.25, 0.3) is 6.69 Å². The molecule has 1 aliphatic rings. The molecule has 2 rings (SSSR count). The van der Waals surface area contributed by atoms with Gasteiger partial charge in [-0.05, 0) is 23.2 Å². The SMILES string of the molecule is Cl[Si]1(Cl)Cc2ccccc2C1. The second kappa shape index (κ2) is 2.51. The van der Waals surface area contributed by atoms with Crippen LogP contribution in [0.5, 0.6) is 0 Å². The van der Waals surface area contributed by atoms with Gasteiger partial charge in [-0.2, -0.15) is 0 Å². The summed E-state index contributed by atoms with van der Waals surface area (Å²) in [5, 5.41) is 0. The lowest BCUT2D eigenvalue weighted by molar-refractivity contribution is 1.35. The Kier molecular flexibility index (Phi) is 1.75. The smallest absolute Gasteiger partial charge is 0.145 e. The first kappa shape index (κ1) is 7.65. The van der Waals surface area contributed by atoms with Crippen LogP contribution in [0.4, 0.5) is 0 Å². The molecule has 58 valence electrons. The zero-order valence-electron chi connectivity index (χ0n) is 5.98. The average Bonchev–Trinajstić information content (AvgIpc) is 2.21. The highest BCUT2D eigenvalue weighted by Gasteiger charge is 2.35. The Balaban J connectivity index is 2.41. The van der Waals surface area contributed by atoms with Crippen LogP contribution in [-0.4, -0.2) is 6.69 Å². The van der Waals surface area contributed by atoms with Crippen LogP contribution in [0, 0.1) is 0 Å². The van der Waals surface area contributed by atoms with Gasteiger partial charge in [-0.15, -0.1) is 22.2 Å². The largest absolute Gasteiger partial charge is 0.259 e. The van der Waals surface area contributed by atoms with E-state index >= 15 is 0 Å². The molecule has 1 aliphatic heterocycles. The van der Waals surface area contributed by atoms with E-state index < -0.39 is 6.69 Å². The highest BCUT2D eigenvalue weighted by atomic mass is 35.7. The van der Waals surface area contributed by atoms with Crippen molar-refractivity contribution < 1.29 is 0 Å². The van der Waals surface area contributed by atoms with E-state index in [2.05, 4.69) is 12.1 Å². The van der Waals surface area contributed by atoms with Gasteiger partial charge in [0.2, 0.25) is 0 Å². The summed E-state index contributed by atoms with van der Waals surface area (Å²) >= 11 is 12.3. The normalized spacial score (nSPS) is 19.8. The van der Waals surface area contributed by atoms with E-state index in [-0.39, 0.29) is 0 Å². The van der Waals surface area contributed by atoms with E-state index in [9.17, 15) is 0 Å². The topological polar surface area (TPSA) is 0 Å². The second-order valence-corrected chi connectivity index (χ2v) is 10.3. The third-order valence-corrected chi connectivity index (χ3v) is 5.42. The predicted molar refractivity (Wildman–Crippen MR) is 51.3 cm³/mol. The summed E-state index contributed by atoms with van der Waals surface area (Å²) in [4.78, 5) is 0. The predicted octanol–water partition coefficient (Wildman–Crippen LogP) is 2.78. The van der Waals surface area contributed by atoms with E-state index in [0.29, 0.717) is 0 Å². The Morgan fingerprint density at radius 1 is 1.00 bits per heavy atom. The molecule has 0 spiro atoms. The molecule has 0 aliphatic carbocycles. The summed E-state index contributed by atoms with van der Waals surface area (Å²) in [5.74, 6) is 0. The lowest BCUT2D eigenvalue weighted by Gasteiger charge is -2.03. The molecule has 0 atom stereocenters. The molecule has 0 saturated carbocycles. The van der Waals surface area contributed by atoms with Crippen molar-refractivity contribution in [3.63, 3.8) is 0 Å². The average molecular weight is 203 g/mol. The number of benzene rings is 1. The van der Waals surface area contributed by atoms with Crippen LogP contribution >= 0.6 is 22.2 Å². The fraction of sp³-hybridized carbons (Fsp3) is 0.250. The first-order valence-corrected chi connectivity index (χ1v) is 8.06. The van der Waals surface area contributed by atoms with Gasteiger partial charge in [0.1, 0.15) is 0 Å². The van der Waals surface area contributed by atoms with Crippen LogP contribution in [0.15, 0.2) is 24.3 Å². The molecule has 11 heavy (non-hydrogen) atoms. The first-order chi connectivity index (χ1) is 5.17. The number of hydrogen-bond donors (Lipinski definition) is 0. The summed E-state index contributed by atoms with van der Waals surface area (Å²) in [6, 6.07) is 10.2. The van der Waals surface area contributed by atoms with Gasteiger partial charge in [0.15, 0.2) is 0 Å². The molecule has 1 aromatic carbocycles. The summed E-state index contributed by atoms with van der Waals surface area (Å²) in [6.07, 6.45) is 0. The summed E-state index contributed by atoms with van der Waals surface area (Å²) in [6.45, 7) is -1.90. The maximum atomic E-state index is 6.14. The second-order valence-electron chi connectivity index (χ2n) is 2.98. The molecule has 0 nitrogen and oxygen atoms in total. The Morgan fingerprint density at radius 3 is 1.91 bits per heavy atom. The van der Waals surface area contributed by atoms with E-state index in [4.69, 9.17) is 22.2 Å². The minimum Gasteiger partial charge on any atom is -0.145 e. The van der Waals surface area contributed by atoms with E-state index in [1.165, 1.54) is 11.1 Å². The highest BCUT2D eigenvalue weighted by Crippen LogP contribution is 2.33. The standard InChI is InChI=1S/C8H8Cl2Si/c9-11(10)5-7-3-1-2-4-8(7)6-11/h1-4H,5-6H2. The Bertz CT molecular complexity index is 256. The van der Waals surface area contributed by atoms with Crippen molar-refractivity contribution in [1.82, 2.24) is 0 Å². The quantitative estimate of drug-likeness (QED) is 0.449. The van der Waals surface area contributed by atoms with Gasteiger partial charge >= 0.3 is 0 Å². The highest BCUT2D eigenvalue weighted by molar-refractivity contribution is 7.45. The third-order valence-electron chi connectivity index (χ3n) is 2.02. The Labute approximate surface area is 76.6 Å². The molecule has 0 aromatic heterocycles. The van der Waals surface area contributed by atoms with Crippen molar-refractivity contribution >= 4 is 28.9 Å². The zero-order valence-corrected chi connectivity index (χ0v) is 8.49. The van der Waals surface area contributed by atoms with Crippen molar-refractivity contribution in [1.29, 1.82) is 0 Å². The Hall–Kier alpha value is 0.0169. The lowest BCUT2D eigenvalue weighted by Crippen LogP contribution is -2.19. The van der Waals surface area contributed by atoms with Crippen LogP contribution in [0.3, 0.4) is 0 Å². The number of fused-ring (bicyclic) bond motifs is 1. The summed E-state index contributed by atoms with van der Waals surface area (Å²) < 4.78 is 0. The maximum absolute atomic E-state index is 6.14. The number of hydrogen-bond acceptors (Lipinski definition) is 0. The minimum absolute atomic E-state index is 0.923. The van der Waals surface area contributed by atoms with Crippen molar-refractivity contribution in [2.24, 2.45) is 0 Å². The molecule has 0 saturated heterocycles. The Morgan fingerprint density at radius 2 is 1.45 bits per heavy atom. The number of rotatable bonds is 0. The fourth-order valence-electron chi connectivity index (χ4n) is 1.52. The maximum Gasteiger partial charge on any atom is 0.259 e. The summed E-state index contributed by atoms with van der Waals surface area (Å²) in [5.41, 5.74) is 2.70. The molecule has 3 heteroatoms.